The summed E-state index contributed by atoms with van der Waals surface area (Å²) < 4.78 is 48.3. The molecule has 11 heteroatoms. The van der Waals surface area contributed by atoms with E-state index in [1.54, 1.807) is 4.90 Å². The smallest absolute Gasteiger partial charge is 0.387 e. The molecule has 0 atom stereocenters. The number of ether oxygens (including phenoxy) is 1. The summed E-state index contributed by atoms with van der Waals surface area (Å²) in [6.07, 6.45) is 2.42. The van der Waals surface area contributed by atoms with Crippen molar-refractivity contribution in [1.82, 2.24) is 9.47 Å². The zero-order valence-electron chi connectivity index (χ0n) is 16.2. The third-order valence-electron chi connectivity index (χ3n) is 5.58. The molecule has 0 spiro atoms. The maximum atomic E-state index is 15.4. The lowest BCUT2D eigenvalue weighted by Gasteiger charge is -2.35. The zero-order chi connectivity index (χ0) is 21.7. The van der Waals surface area contributed by atoms with Crippen molar-refractivity contribution >= 4 is 28.2 Å². The molecule has 0 bridgehead atoms. The van der Waals surface area contributed by atoms with Gasteiger partial charge in [-0.1, -0.05) is 0 Å². The van der Waals surface area contributed by atoms with E-state index in [1.165, 1.54) is 4.57 Å². The van der Waals surface area contributed by atoms with Crippen molar-refractivity contribution in [3.8, 4) is 5.75 Å². The minimum atomic E-state index is -3.27. The van der Waals surface area contributed by atoms with Crippen LogP contribution in [0.15, 0.2) is 11.0 Å². The Morgan fingerprint density at radius 1 is 1.27 bits per heavy atom. The van der Waals surface area contributed by atoms with Crippen LogP contribution < -0.4 is 20.8 Å². The summed E-state index contributed by atoms with van der Waals surface area (Å²) in [5.74, 6) is -3.06. The van der Waals surface area contributed by atoms with E-state index in [2.05, 4.69) is 0 Å². The van der Waals surface area contributed by atoms with E-state index < -0.39 is 46.2 Å². The van der Waals surface area contributed by atoms with Gasteiger partial charge in [-0.25, -0.2) is 9.18 Å². The predicted octanol–water partition coefficient (Wildman–Crippen LogP) is 2.11. The van der Waals surface area contributed by atoms with Crippen molar-refractivity contribution in [3.63, 3.8) is 0 Å². The van der Waals surface area contributed by atoms with Crippen LogP contribution in [0.1, 0.15) is 29.2 Å². The molecule has 1 saturated heterocycles. The molecule has 1 aromatic carbocycles. The Labute approximate surface area is 169 Å². The van der Waals surface area contributed by atoms with Crippen LogP contribution in [-0.2, 0) is 0 Å². The highest BCUT2D eigenvalue weighted by Crippen LogP contribution is 2.46. The maximum absolute atomic E-state index is 15.4. The molecule has 1 aliphatic heterocycles. The Morgan fingerprint density at radius 2 is 1.90 bits per heavy atom. The summed E-state index contributed by atoms with van der Waals surface area (Å²) in [6, 6.07) is -0.212. The number of fused-ring (bicyclic) bond motifs is 1. The van der Waals surface area contributed by atoms with Gasteiger partial charge in [0.2, 0.25) is 5.43 Å². The van der Waals surface area contributed by atoms with Gasteiger partial charge >= 0.3 is 12.6 Å². The van der Waals surface area contributed by atoms with Crippen molar-refractivity contribution in [3.05, 3.63) is 27.8 Å². The number of likely N-dealkylation sites (N-methyl/N-ethyl adjacent to an activating group) is 1. The number of hydrogen-bond donors (Lipinski definition) is 2. The Kier molecular flexibility index (Phi) is 5.00. The van der Waals surface area contributed by atoms with Crippen molar-refractivity contribution in [1.29, 1.82) is 0 Å². The van der Waals surface area contributed by atoms with Crippen LogP contribution in [0, 0.1) is 5.82 Å². The molecule has 0 amide bonds. The topological polar surface area (TPSA) is 101 Å². The molecule has 1 saturated carbocycles. The molecular formula is C19H21F3N4O4. The van der Waals surface area contributed by atoms with Crippen molar-refractivity contribution in [2.24, 2.45) is 0 Å². The highest BCUT2D eigenvalue weighted by molar-refractivity contribution is 6.03. The molecule has 2 aromatic rings. The summed E-state index contributed by atoms with van der Waals surface area (Å²) in [6.45, 7) is -1.44. The van der Waals surface area contributed by atoms with Gasteiger partial charge in [0.1, 0.15) is 11.3 Å². The van der Waals surface area contributed by atoms with Crippen LogP contribution in [-0.4, -0.2) is 60.4 Å². The van der Waals surface area contributed by atoms with E-state index in [0.717, 1.165) is 6.20 Å². The number of halogens is 3. The van der Waals surface area contributed by atoms with E-state index in [0.29, 0.717) is 39.0 Å². The fourth-order valence-electron chi connectivity index (χ4n) is 3.87. The number of aromatic nitrogens is 1. The van der Waals surface area contributed by atoms with Crippen molar-refractivity contribution in [2.75, 3.05) is 43.9 Å². The lowest BCUT2D eigenvalue weighted by Crippen LogP contribution is -2.45. The second-order valence-corrected chi connectivity index (χ2v) is 7.61. The Morgan fingerprint density at radius 3 is 2.43 bits per heavy atom. The number of rotatable bonds is 5. The molecule has 1 aliphatic carbocycles. The van der Waals surface area contributed by atoms with Gasteiger partial charge in [-0.2, -0.15) is 8.78 Å². The summed E-state index contributed by atoms with van der Waals surface area (Å²) in [7, 11) is 1.89. The average Bonchev–Trinajstić information content (AvgIpc) is 3.51. The van der Waals surface area contributed by atoms with E-state index >= 15 is 4.39 Å². The van der Waals surface area contributed by atoms with E-state index in [-0.39, 0.29) is 17.2 Å². The van der Waals surface area contributed by atoms with Gasteiger partial charge in [-0.15, -0.1) is 0 Å². The normalized spacial score (nSPS) is 17.7. The monoisotopic (exact) mass is 426 g/mol. The van der Waals surface area contributed by atoms with E-state index in [1.807, 2.05) is 11.9 Å². The largest absolute Gasteiger partial charge is 0.477 e. The Hall–Kier alpha value is -2.95. The number of aromatic carboxylic acids is 1. The fraction of sp³-hybridized carbons (Fsp3) is 0.474. The Bertz CT molecular complexity index is 1080. The molecule has 30 heavy (non-hydrogen) atoms. The van der Waals surface area contributed by atoms with Gasteiger partial charge in [-0.05, 0) is 19.9 Å². The number of pyridine rings is 1. The standard InChI is InChI=1S/C19H21F3N4O4/c1-24-4-6-25(7-5-24)15-12(20)13(23)11-14(17(15)30-19(21)22)26(9-2-3-9)8-10(16(11)27)18(28)29/h8-9,19H,2-7,23H2,1H3,(H,28,29). The average molecular weight is 426 g/mol. The summed E-state index contributed by atoms with van der Waals surface area (Å²) >= 11 is 0. The lowest BCUT2D eigenvalue weighted by atomic mass is 10.0. The van der Waals surface area contributed by atoms with E-state index in [9.17, 15) is 23.5 Å². The second kappa shape index (κ2) is 7.38. The number of carboxylic acid groups (broad SMARTS) is 1. The molecule has 2 fully saturated rings. The van der Waals surface area contributed by atoms with Gasteiger partial charge in [0.15, 0.2) is 11.6 Å². The molecule has 0 unspecified atom stereocenters. The minimum Gasteiger partial charge on any atom is -0.477 e. The predicted molar refractivity (Wildman–Crippen MR) is 104 cm³/mol. The third kappa shape index (κ3) is 3.32. The lowest BCUT2D eigenvalue weighted by molar-refractivity contribution is -0.0488. The first-order chi connectivity index (χ1) is 14.2. The van der Waals surface area contributed by atoms with Crippen molar-refractivity contribution < 1.29 is 27.8 Å². The Balaban J connectivity index is 2.09. The highest BCUT2D eigenvalue weighted by atomic mass is 19.3. The van der Waals surface area contributed by atoms with Gasteiger partial charge in [0.05, 0.1) is 16.6 Å². The maximum Gasteiger partial charge on any atom is 0.387 e. The number of nitrogen functional groups attached to an aromatic ring is 1. The van der Waals surface area contributed by atoms with Crippen molar-refractivity contribution in [2.45, 2.75) is 25.5 Å². The number of carboxylic acids is 1. The molecule has 2 aliphatic rings. The molecule has 0 radical (unpaired) electrons. The number of alkyl halides is 2. The molecule has 8 nitrogen and oxygen atoms in total. The number of anilines is 2. The molecule has 4 rings (SSSR count). The molecule has 3 N–H and O–H groups in total. The second-order valence-electron chi connectivity index (χ2n) is 7.61. The molecular weight excluding hydrogens is 405 g/mol. The minimum absolute atomic E-state index is 0.0966. The highest BCUT2D eigenvalue weighted by Gasteiger charge is 2.34. The van der Waals surface area contributed by atoms with Gasteiger partial charge < -0.3 is 29.9 Å². The number of nitrogens with zero attached hydrogens (tertiary/aromatic N) is 3. The van der Waals surface area contributed by atoms with Crippen LogP contribution in [0.4, 0.5) is 24.5 Å². The van der Waals surface area contributed by atoms with Crippen LogP contribution in [0.2, 0.25) is 0 Å². The SMILES string of the molecule is CN1CCN(c2c(F)c(N)c3c(=O)c(C(=O)O)cn(C4CC4)c3c2OC(F)F)CC1. The van der Waals surface area contributed by atoms with Crippen LogP contribution >= 0.6 is 0 Å². The number of benzene rings is 1. The first-order valence-corrected chi connectivity index (χ1v) is 9.52. The van der Waals surface area contributed by atoms with E-state index in [4.69, 9.17) is 10.5 Å². The molecule has 1 aromatic heterocycles. The number of nitrogens with two attached hydrogens (primary N) is 1. The molecule has 162 valence electrons. The van der Waals surface area contributed by atoms with Crippen LogP contribution in [0.25, 0.3) is 10.9 Å². The first-order valence-electron chi connectivity index (χ1n) is 9.52. The first kappa shape index (κ1) is 20.3. The van der Waals surface area contributed by atoms with Crippen LogP contribution in [0.3, 0.4) is 0 Å². The van der Waals surface area contributed by atoms with Gasteiger partial charge in [-0.3, -0.25) is 4.79 Å². The number of carbonyl (C=O) groups is 1. The fourth-order valence-corrected chi connectivity index (χ4v) is 3.87. The van der Waals surface area contributed by atoms with Crippen LogP contribution in [0.5, 0.6) is 5.75 Å². The summed E-state index contributed by atoms with van der Waals surface area (Å²) in [4.78, 5) is 27.9. The number of piperazine rings is 1. The molecule has 2 heterocycles. The summed E-state index contributed by atoms with van der Waals surface area (Å²) in [5, 5.41) is 8.95. The van der Waals surface area contributed by atoms with Gasteiger partial charge in [0, 0.05) is 38.4 Å². The quantitative estimate of drug-likeness (QED) is 0.707. The third-order valence-corrected chi connectivity index (χ3v) is 5.58. The summed E-state index contributed by atoms with van der Waals surface area (Å²) in [5.41, 5.74) is 3.42. The van der Waals surface area contributed by atoms with Gasteiger partial charge in [0.25, 0.3) is 0 Å². The number of hydrogen-bond acceptors (Lipinski definition) is 6. The zero-order valence-corrected chi connectivity index (χ0v) is 16.2.